The minimum Gasteiger partial charge on any atom is -0.466 e. The number of rotatable bonds is 5. The first-order valence-corrected chi connectivity index (χ1v) is 10.4. The number of benzene rings is 1. The average Bonchev–Trinajstić information content (AvgIpc) is 3.17. The molecule has 5 heteroatoms. The van der Waals surface area contributed by atoms with Crippen LogP contribution in [-0.2, 0) is 9.53 Å². The fourth-order valence-electron chi connectivity index (χ4n) is 4.34. The first-order chi connectivity index (χ1) is 13.1. The van der Waals surface area contributed by atoms with Crippen LogP contribution in [0.5, 0.6) is 0 Å². The molecular formula is C22H32N2O3. The third-order valence-electron chi connectivity index (χ3n) is 5.98. The van der Waals surface area contributed by atoms with Gasteiger partial charge < -0.3 is 15.0 Å². The van der Waals surface area contributed by atoms with Crippen molar-refractivity contribution < 1.29 is 14.3 Å². The smallest absolute Gasteiger partial charge is 0.317 e. The van der Waals surface area contributed by atoms with Crippen LogP contribution in [0.2, 0.25) is 0 Å². The maximum atomic E-state index is 12.7. The number of ether oxygens (including phenoxy) is 1. The lowest BCUT2D eigenvalue weighted by Crippen LogP contribution is -2.42. The second-order valence-corrected chi connectivity index (χ2v) is 7.92. The number of amides is 2. The highest BCUT2D eigenvalue weighted by Crippen LogP contribution is 2.32. The van der Waals surface area contributed by atoms with Crippen molar-refractivity contribution >= 4 is 12.0 Å². The van der Waals surface area contributed by atoms with E-state index in [-0.39, 0.29) is 24.0 Å². The Morgan fingerprint density at radius 2 is 1.81 bits per heavy atom. The van der Waals surface area contributed by atoms with Gasteiger partial charge in [-0.2, -0.15) is 0 Å². The van der Waals surface area contributed by atoms with Gasteiger partial charge in [-0.05, 0) is 63.9 Å². The number of nitrogens with zero attached hydrogens (tertiary/aromatic N) is 1. The maximum Gasteiger partial charge on any atom is 0.317 e. The van der Waals surface area contributed by atoms with Crippen molar-refractivity contribution in [2.24, 2.45) is 11.8 Å². The summed E-state index contributed by atoms with van der Waals surface area (Å²) >= 11 is 0. The highest BCUT2D eigenvalue weighted by atomic mass is 16.5. The first kappa shape index (κ1) is 19.7. The van der Waals surface area contributed by atoms with E-state index < -0.39 is 0 Å². The molecule has 2 aliphatic rings. The number of nitrogens with one attached hydrogen (secondary N) is 1. The molecule has 148 valence electrons. The minimum absolute atomic E-state index is 0.0430. The summed E-state index contributed by atoms with van der Waals surface area (Å²) in [6, 6.07) is 8.75. The minimum atomic E-state index is -0.0574. The van der Waals surface area contributed by atoms with Crippen LogP contribution in [-0.4, -0.2) is 36.6 Å². The summed E-state index contributed by atoms with van der Waals surface area (Å²) < 4.78 is 5.13. The molecule has 1 heterocycles. The SMILES string of the molecule is CCOC(=O)C1CCC(CNC(=O)N2CCC[C@H]2c2ccc(C)cc2)CC1. The molecule has 0 spiro atoms. The summed E-state index contributed by atoms with van der Waals surface area (Å²) in [5, 5.41) is 3.15. The summed E-state index contributed by atoms with van der Waals surface area (Å²) in [4.78, 5) is 26.6. The summed E-state index contributed by atoms with van der Waals surface area (Å²) in [7, 11) is 0. The van der Waals surface area contributed by atoms with Crippen molar-refractivity contribution in [2.45, 2.75) is 58.4 Å². The lowest BCUT2D eigenvalue weighted by molar-refractivity contribution is -0.149. The van der Waals surface area contributed by atoms with E-state index in [1.807, 2.05) is 11.8 Å². The van der Waals surface area contributed by atoms with Gasteiger partial charge in [0.25, 0.3) is 0 Å². The van der Waals surface area contributed by atoms with Crippen LogP contribution in [0.25, 0.3) is 0 Å². The lowest BCUT2D eigenvalue weighted by atomic mass is 9.82. The molecule has 1 saturated carbocycles. The van der Waals surface area contributed by atoms with Crippen LogP contribution in [0.1, 0.15) is 62.6 Å². The topological polar surface area (TPSA) is 58.6 Å². The number of aryl methyl sites for hydroxylation is 1. The summed E-state index contributed by atoms with van der Waals surface area (Å²) in [6.07, 6.45) is 5.78. The molecule has 0 unspecified atom stereocenters. The van der Waals surface area contributed by atoms with Gasteiger partial charge in [0.05, 0.1) is 18.6 Å². The van der Waals surface area contributed by atoms with Crippen molar-refractivity contribution in [2.75, 3.05) is 19.7 Å². The molecule has 1 atom stereocenters. The van der Waals surface area contributed by atoms with Crippen LogP contribution >= 0.6 is 0 Å². The van der Waals surface area contributed by atoms with Gasteiger partial charge >= 0.3 is 12.0 Å². The number of carbonyl (C=O) groups is 2. The third-order valence-corrected chi connectivity index (χ3v) is 5.98. The predicted molar refractivity (Wildman–Crippen MR) is 105 cm³/mol. The Kier molecular flexibility index (Phi) is 6.75. The van der Waals surface area contributed by atoms with E-state index in [9.17, 15) is 9.59 Å². The van der Waals surface area contributed by atoms with Gasteiger partial charge in [0.15, 0.2) is 0 Å². The van der Waals surface area contributed by atoms with E-state index in [2.05, 4.69) is 36.5 Å². The number of esters is 1. The highest BCUT2D eigenvalue weighted by Gasteiger charge is 2.31. The van der Waals surface area contributed by atoms with Crippen molar-refractivity contribution in [1.29, 1.82) is 0 Å². The summed E-state index contributed by atoms with van der Waals surface area (Å²) in [5.74, 6) is 0.444. The molecule has 0 radical (unpaired) electrons. The zero-order chi connectivity index (χ0) is 19.2. The Morgan fingerprint density at radius 3 is 2.48 bits per heavy atom. The van der Waals surface area contributed by atoms with Crippen LogP contribution in [0.15, 0.2) is 24.3 Å². The zero-order valence-corrected chi connectivity index (χ0v) is 16.6. The quantitative estimate of drug-likeness (QED) is 0.788. The Bertz CT molecular complexity index is 635. The van der Waals surface area contributed by atoms with Gasteiger partial charge in [0, 0.05) is 13.1 Å². The van der Waals surface area contributed by atoms with E-state index >= 15 is 0 Å². The van der Waals surface area contributed by atoms with Gasteiger partial charge in [0.2, 0.25) is 0 Å². The van der Waals surface area contributed by atoms with Crippen molar-refractivity contribution in [3.63, 3.8) is 0 Å². The monoisotopic (exact) mass is 372 g/mol. The maximum absolute atomic E-state index is 12.7. The molecule has 3 rings (SSSR count). The van der Waals surface area contributed by atoms with Crippen molar-refractivity contribution in [3.05, 3.63) is 35.4 Å². The normalized spacial score (nSPS) is 25.3. The fourth-order valence-corrected chi connectivity index (χ4v) is 4.34. The van der Waals surface area contributed by atoms with Gasteiger partial charge in [-0.25, -0.2) is 4.79 Å². The van der Waals surface area contributed by atoms with Crippen LogP contribution in [0.4, 0.5) is 4.79 Å². The van der Waals surface area contributed by atoms with E-state index in [1.54, 1.807) is 0 Å². The van der Waals surface area contributed by atoms with Crippen LogP contribution < -0.4 is 5.32 Å². The molecular weight excluding hydrogens is 340 g/mol. The molecule has 1 saturated heterocycles. The number of urea groups is 1. The van der Waals surface area contributed by atoms with Crippen molar-refractivity contribution in [3.8, 4) is 0 Å². The second-order valence-electron chi connectivity index (χ2n) is 7.92. The molecule has 1 aliphatic carbocycles. The fraction of sp³-hybridized carbons (Fsp3) is 0.636. The molecule has 1 aromatic carbocycles. The number of hydrogen-bond acceptors (Lipinski definition) is 3. The van der Waals surface area contributed by atoms with Crippen LogP contribution in [0.3, 0.4) is 0 Å². The third kappa shape index (κ3) is 5.02. The molecule has 0 bridgehead atoms. The van der Waals surface area contributed by atoms with Gasteiger partial charge in [-0.3, -0.25) is 4.79 Å². The molecule has 27 heavy (non-hydrogen) atoms. The summed E-state index contributed by atoms with van der Waals surface area (Å²) in [5.41, 5.74) is 2.47. The van der Waals surface area contributed by atoms with E-state index in [4.69, 9.17) is 4.74 Å². The molecule has 5 nitrogen and oxygen atoms in total. The van der Waals surface area contributed by atoms with E-state index in [0.29, 0.717) is 19.1 Å². The molecule has 1 N–H and O–H groups in total. The van der Waals surface area contributed by atoms with E-state index in [1.165, 1.54) is 11.1 Å². The first-order valence-electron chi connectivity index (χ1n) is 10.4. The van der Waals surface area contributed by atoms with Gasteiger partial charge in [0.1, 0.15) is 0 Å². The predicted octanol–water partition coefficient (Wildman–Crippen LogP) is 4.21. The molecule has 2 fully saturated rings. The van der Waals surface area contributed by atoms with Crippen molar-refractivity contribution in [1.82, 2.24) is 10.2 Å². The lowest BCUT2D eigenvalue weighted by Gasteiger charge is -2.29. The van der Waals surface area contributed by atoms with E-state index in [0.717, 1.165) is 45.1 Å². The Morgan fingerprint density at radius 1 is 1.11 bits per heavy atom. The largest absolute Gasteiger partial charge is 0.466 e. The average molecular weight is 373 g/mol. The zero-order valence-electron chi connectivity index (χ0n) is 16.6. The van der Waals surface area contributed by atoms with Gasteiger partial charge in [-0.15, -0.1) is 0 Å². The summed E-state index contributed by atoms with van der Waals surface area (Å²) in [6.45, 7) is 5.90. The Hall–Kier alpha value is -2.04. The Labute approximate surface area is 162 Å². The molecule has 1 aromatic rings. The second kappa shape index (κ2) is 9.25. The number of hydrogen-bond donors (Lipinski definition) is 1. The van der Waals surface area contributed by atoms with Crippen LogP contribution in [0, 0.1) is 18.8 Å². The van der Waals surface area contributed by atoms with Gasteiger partial charge in [-0.1, -0.05) is 29.8 Å². The standard InChI is InChI=1S/C22H32N2O3/c1-3-27-21(25)19-12-8-17(9-13-19)15-23-22(26)24-14-4-5-20(24)18-10-6-16(2)7-11-18/h6-7,10-11,17,19-20H,3-5,8-9,12-15H2,1-2H3,(H,23,26)/t17?,19?,20-/m0/s1. The number of likely N-dealkylation sites (tertiary alicyclic amines) is 1. The highest BCUT2D eigenvalue weighted by molar-refractivity contribution is 5.75. The Balaban J connectivity index is 1.46. The molecule has 1 aliphatic heterocycles. The number of carbonyl (C=O) groups excluding carboxylic acids is 2. The molecule has 2 amide bonds. The molecule has 0 aromatic heterocycles.